The standard InChI is InChI=1S/C17H22N4OS2/c1-13(22)21(10-14-2-7-23-12-14)16-8-17(16)3-5-20(6-4-17)11-15-9-18-24-19-15/h2,7,9,12,16H,3-6,8,10-11H2,1H3. The minimum absolute atomic E-state index is 0.207. The lowest BCUT2D eigenvalue weighted by Crippen LogP contribution is -2.39. The van der Waals surface area contributed by atoms with Gasteiger partial charge in [0.2, 0.25) is 5.91 Å². The van der Waals surface area contributed by atoms with Gasteiger partial charge in [-0.15, -0.1) is 0 Å². The summed E-state index contributed by atoms with van der Waals surface area (Å²) in [5, 5.41) is 4.23. The van der Waals surface area contributed by atoms with E-state index in [4.69, 9.17) is 0 Å². The first-order valence-electron chi connectivity index (χ1n) is 8.43. The summed E-state index contributed by atoms with van der Waals surface area (Å²) in [6.07, 6.45) is 5.40. The molecule has 128 valence electrons. The van der Waals surface area contributed by atoms with Gasteiger partial charge in [0.05, 0.1) is 23.6 Å². The summed E-state index contributed by atoms with van der Waals surface area (Å²) in [4.78, 5) is 16.7. The molecule has 2 aromatic rings. The van der Waals surface area contributed by atoms with Crippen LogP contribution in [-0.4, -0.2) is 43.6 Å². The average molecular weight is 363 g/mol. The number of likely N-dealkylation sites (tertiary alicyclic amines) is 1. The van der Waals surface area contributed by atoms with Crippen LogP contribution < -0.4 is 0 Å². The number of carbonyl (C=O) groups excluding carboxylic acids is 1. The van der Waals surface area contributed by atoms with Crippen LogP contribution in [0.3, 0.4) is 0 Å². The van der Waals surface area contributed by atoms with E-state index in [2.05, 4.69) is 35.4 Å². The molecule has 0 aromatic carbocycles. The third-order valence-corrected chi connectivity index (χ3v) is 6.75. The van der Waals surface area contributed by atoms with Crippen LogP contribution in [0.25, 0.3) is 0 Å². The summed E-state index contributed by atoms with van der Waals surface area (Å²) in [6.45, 7) is 5.57. The Hall–Kier alpha value is -1.31. The molecule has 1 spiro atoms. The van der Waals surface area contributed by atoms with Crippen molar-refractivity contribution in [2.24, 2.45) is 5.41 Å². The van der Waals surface area contributed by atoms with Crippen LogP contribution in [0.4, 0.5) is 0 Å². The molecule has 1 saturated carbocycles. The smallest absolute Gasteiger partial charge is 0.220 e. The van der Waals surface area contributed by atoms with Crippen LogP contribution in [-0.2, 0) is 17.9 Å². The number of thiophene rings is 1. The number of hydrogen-bond donors (Lipinski definition) is 0. The average Bonchev–Trinajstić information content (AvgIpc) is 3.00. The predicted molar refractivity (Wildman–Crippen MR) is 95.8 cm³/mol. The van der Waals surface area contributed by atoms with Gasteiger partial charge in [0.1, 0.15) is 0 Å². The minimum atomic E-state index is 0.207. The first-order chi connectivity index (χ1) is 11.7. The number of amides is 1. The third kappa shape index (κ3) is 3.25. The molecule has 1 saturated heterocycles. The minimum Gasteiger partial charge on any atom is -0.335 e. The Morgan fingerprint density at radius 2 is 2.29 bits per heavy atom. The number of hydrogen-bond acceptors (Lipinski definition) is 6. The molecule has 2 aromatic heterocycles. The summed E-state index contributed by atoms with van der Waals surface area (Å²) in [5.74, 6) is 0.207. The number of rotatable bonds is 5. The second-order valence-corrected chi connectivity index (χ2v) is 8.37. The van der Waals surface area contributed by atoms with Crippen molar-refractivity contribution in [3.8, 4) is 0 Å². The lowest BCUT2D eigenvalue weighted by Gasteiger charge is -2.34. The van der Waals surface area contributed by atoms with E-state index in [1.807, 2.05) is 6.20 Å². The highest BCUT2D eigenvalue weighted by Gasteiger charge is 2.58. The van der Waals surface area contributed by atoms with Gasteiger partial charge in [0.25, 0.3) is 0 Å². The van der Waals surface area contributed by atoms with Crippen LogP contribution in [0, 0.1) is 5.41 Å². The normalized spacial score (nSPS) is 22.6. The monoisotopic (exact) mass is 362 g/mol. The molecule has 1 atom stereocenters. The van der Waals surface area contributed by atoms with Crippen LogP contribution in [0.5, 0.6) is 0 Å². The molecular weight excluding hydrogens is 340 g/mol. The van der Waals surface area contributed by atoms with E-state index in [1.165, 1.54) is 36.6 Å². The molecule has 2 fully saturated rings. The van der Waals surface area contributed by atoms with Gasteiger partial charge in [0, 0.05) is 26.1 Å². The first-order valence-corrected chi connectivity index (χ1v) is 10.1. The lowest BCUT2D eigenvalue weighted by molar-refractivity contribution is -0.130. The third-order valence-electron chi connectivity index (χ3n) is 5.50. The van der Waals surface area contributed by atoms with Gasteiger partial charge in [-0.1, -0.05) is 0 Å². The largest absolute Gasteiger partial charge is 0.335 e. The van der Waals surface area contributed by atoms with Gasteiger partial charge in [-0.2, -0.15) is 20.1 Å². The highest BCUT2D eigenvalue weighted by molar-refractivity contribution is 7.07. The van der Waals surface area contributed by atoms with Crippen molar-refractivity contribution in [1.29, 1.82) is 0 Å². The molecule has 1 aliphatic heterocycles. The molecule has 0 N–H and O–H groups in total. The molecule has 1 aliphatic carbocycles. The Morgan fingerprint density at radius 1 is 1.46 bits per heavy atom. The van der Waals surface area contributed by atoms with E-state index in [1.54, 1.807) is 18.3 Å². The first kappa shape index (κ1) is 16.2. The molecule has 4 rings (SSSR count). The Balaban J connectivity index is 1.35. The molecule has 0 bridgehead atoms. The highest BCUT2D eigenvalue weighted by atomic mass is 32.1. The van der Waals surface area contributed by atoms with Crippen molar-refractivity contribution in [2.75, 3.05) is 13.1 Å². The fraction of sp³-hybridized carbons (Fsp3) is 0.588. The van der Waals surface area contributed by atoms with Gasteiger partial charge in [-0.25, -0.2) is 0 Å². The maximum absolute atomic E-state index is 12.2. The van der Waals surface area contributed by atoms with Gasteiger partial charge < -0.3 is 4.90 Å². The Bertz CT molecular complexity index is 678. The van der Waals surface area contributed by atoms with Gasteiger partial charge in [-0.3, -0.25) is 9.69 Å². The summed E-state index contributed by atoms with van der Waals surface area (Å²) >= 11 is 2.98. The van der Waals surface area contributed by atoms with E-state index in [9.17, 15) is 4.79 Å². The van der Waals surface area contributed by atoms with E-state index < -0.39 is 0 Å². The Kier molecular flexibility index (Phi) is 4.40. The van der Waals surface area contributed by atoms with Gasteiger partial charge >= 0.3 is 0 Å². The summed E-state index contributed by atoms with van der Waals surface area (Å²) in [7, 11) is 0. The summed E-state index contributed by atoms with van der Waals surface area (Å²) < 4.78 is 8.39. The topological polar surface area (TPSA) is 49.3 Å². The summed E-state index contributed by atoms with van der Waals surface area (Å²) in [5.41, 5.74) is 2.69. The van der Waals surface area contributed by atoms with Crippen molar-refractivity contribution in [1.82, 2.24) is 18.5 Å². The van der Waals surface area contributed by atoms with Crippen molar-refractivity contribution < 1.29 is 4.79 Å². The zero-order valence-electron chi connectivity index (χ0n) is 13.9. The Labute approximate surface area is 150 Å². The molecule has 5 nitrogen and oxygen atoms in total. The van der Waals surface area contributed by atoms with Crippen LogP contribution in [0.15, 0.2) is 23.0 Å². The molecule has 1 amide bonds. The zero-order valence-corrected chi connectivity index (χ0v) is 15.5. The number of carbonyl (C=O) groups is 1. The molecule has 0 radical (unpaired) electrons. The van der Waals surface area contributed by atoms with E-state index in [0.29, 0.717) is 11.5 Å². The summed E-state index contributed by atoms with van der Waals surface area (Å²) in [6, 6.07) is 2.55. The molecule has 2 aliphatic rings. The highest BCUT2D eigenvalue weighted by Crippen LogP contribution is 2.57. The number of aromatic nitrogens is 2. The number of nitrogens with zero attached hydrogens (tertiary/aromatic N) is 4. The van der Waals surface area contributed by atoms with E-state index in [0.717, 1.165) is 31.9 Å². The Morgan fingerprint density at radius 3 is 2.92 bits per heavy atom. The van der Waals surface area contributed by atoms with Crippen LogP contribution in [0.1, 0.15) is 37.4 Å². The van der Waals surface area contributed by atoms with Gasteiger partial charge in [0.15, 0.2) is 0 Å². The fourth-order valence-electron chi connectivity index (χ4n) is 3.96. The second-order valence-electron chi connectivity index (χ2n) is 7.04. The molecular formula is C17H22N4OS2. The SMILES string of the molecule is CC(=O)N(Cc1ccsc1)C1CC12CCN(Cc1cnsn1)CC2. The zero-order chi connectivity index (χ0) is 16.6. The predicted octanol–water partition coefficient (Wildman–Crippen LogP) is 3.00. The maximum Gasteiger partial charge on any atom is 0.220 e. The van der Waals surface area contributed by atoms with E-state index in [-0.39, 0.29) is 5.91 Å². The quantitative estimate of drug-likeness (QED) is 0.820. The van der Waals surface area contributed by atoms with Crippen molar-refractivity contribution in [3.05, 3.63) is 34.3 Å². The van der Waals surface area contributed by atoms with Crippen molar-refractivity contribution in [2.45, 2.75) is 45.3 Å². The van der Waals surface area contributed by atoms with E-state index >= 15 is 0 Å². The molecule has 1 unspecified atom stereocenters. The van der Waals surface area contributed by atoms with Crippen molar-refractivity contribution in [3.63, 3.8) is 0 Å². The number of piperidine rings is 1. The molecule has 7 heteroatoms. The molecule has 24 heavy (non-hydrogen) atoms. The maximum atomic E-state index is 12.2. The van der Waals surface area contributed by atoms with Crippen molar-refractivity contribution >= 4 is 29.0 Å². The molecule has 3 heterocycles. The second kappa shape index (κ2) is 6.54. The van der Waals surface area contributed by atoms with Gasteiger partial charge in [-0.05, 0) is 60.2 Å². The fourth-order valence-corrected chi connectivity index (χ4v) is 5.05. The van der Waals surface area contributed by atoms with Crippen LogP contribution >= 0.6 is 23.1 Å². The van der Waals surface area contributed by atoms with Crippen LogP contribution in [0.2, 0.25) is 0 Å². The lowest BCUT2D eigenvalue weighted by atomic mass is 9.92.